The minimum Gasteiger partial charge on any atom is -0.505 e. The second kappa shape index (κ2) is 12.9. The Bertz CT molecular complexity index is 711. The highest BCUT2D eigenvalue weighted by Gasteiger charge is 2.03. The fourth-order valence-electron chi connectivity index (χ4n) is 3.00. The number of ether oxygens (including phenoxy) is 1. The number of phenols is 1. The van der Waals surface area contributed by atoms with E-state index in [2.05, 4.69) is 17.2 Å². The molecule has 0 amide bonds. The van der Waals surface area contributed by atoms with E-state index in [1.165, 1.54) is 56.9 Å². The van der Waals surface area contributed by atoms with Crippen LogP contribution in [0.15, 0.2) is 52.7 Å². The fourth-order valence-corrected chi connectivity index (χ4v) is 3.00. The highest BCUT2D eigenvalue weighted by molar-refractivity contribution is 5.54. The molecule has 0 aliphatic rings. The van der Waals surface area contributed by atoms with Crippen molar-refractivity contribution < 1.29 is 9.84 Å². The predicted molar refractivity (Wildman–Crippen MR) is 116 cm³/mol. The summed E-state index contributed by atoms with van der Waals surface area (Å²) in [6.45, 7) is 4.96. The molecule has 1 N–H and O–H groups in total. The Labute approximate surface area is 169 Å². The van der Waals surface area contributed by atoms with Gasteiger partial charge in [0.25, 0.3) is 0 Å². The topological polar surface area (TPSA) is 54.2 Å². The van der Waals surface area contributed by atoms with E-state index < -0.39 is 0 Å². The van der Waals surface area contributed by atoms with Crippen molar-refractivity contribution in [1.29, 1.82) is 0 Å². The van der Waals surface area contributed by atoms with E-state index in [0.717, 1.165) is 12.1 Å². The summed E-state index contributed by atoms with van der Waals surface area (Å²) < 4.78 is 5.75. The fraction of sp³-hybridized carbons (Fsp3) is 0.500. The second-order valence-corrected chi connectivity index (χ2v) is 7.36. The molecule has 0 fully saturated rings. The molecule has 0 heterocycles. The molecule has 4 nitrogen and oxygen atoms in total. The number of phenolic OH excluding ortho intramolecular Hbond substituents is 1. The lowest BCUT2D eigenvalue weighted by molar-refractivity contribution is 0.302. The van der Waals surface area contributed by atoms with Gasteiger partial charge in [0.05, 0.1) is 12.3 Å². The van der Waals surface area contributed by atoms with Crippen molar-refractivity contribution in [2.75, 3.05) is 6.61 Å². The van der Waals surface area contributed by atoms with Gasteiger partial charge in [-0.1, -0.05) is 76.0 Å². The second-order valence-electron chi connectivity index (χ2n) is 7.36. The van der Waals surface area contributed by atoms with Gasteiger partial charge in [-0.15, -0.1) is 5.11 Å². The summed E-state index contributed by atoms with van der Waals surface area (Å²) in [5.74, 6) is 0.756. The monoisotopic (exact) mass is 382 g/mol. The molecule has 2 rings (SSSR count). The number of nitrogens with zero attached hydrogens (tertiary/aromatic N) is 2. The largest absolute Gasteiger partial charge is 0.505 e. The van der Waals surface area contributed by atoms with E-state index >= 15 is 0 Å². The quantitative estimate of drug-likeness (QED) is 0.281. The molecule has 4 heteroatoms. The summed E-state index contributed by atoms with van der Waals surface area (Å²) in [4.78, 5) is 0. The van der Waals surface area contributed by atoms with Gasteiger partial charge in [0, 0.05) is 6.07 Å². The van der Waals surface area contributed by atoms with E-state index in [9.17, 15) is 5.11 Å². The van der Waals surface area contributed by atoms with E-state index in [1.807, 2.05) is 37.3 Å². The molecule has 2 aromatic rings. The Morgan fingerprint density at radius 2 is 1.43 bits per heavy atom. The first-order valence-electron chi connectivity index (χ1n) is 10.6. The molecule has 0 aromatic heterocycles. The molecule has 0 saturated heterocycles. The van der Waals surface area contributed by atoms with Gasteiger partial charge in [-0.3, -0.25) is 0 Å². The van der Waals surface area contributed by atoms with Crippen molar-refractivity contribution in [2.24, 2.45) is 10.2 Å². The molecule has 2 aromatic carbocycles. The summed E-state index contributed by atoms with van der Waals surface area (Å²) in [5, 5.41) is 18.4. The van der Waals surface area contributed by atoms with Crippen molar-refractivity contribution in [3.8, 4) is 11.5 Å². The molecule has 0 spiro atoms. The lowest BCUT2D eigenvalue weighted by atomic mass is 10.1. The van der Waals surface area contributed by atoms with Gasteiger partial charge in [0.2, 0.25) is 0 Å². The minimum atomic E-state index is 0.0837. The molecular weight excluding hydrogens is 348 g/mol. The lowest BCUT2D eigenvalue weighted by Crippen LogP contribution is -1.97. The Balaban J connectivity index is 1.66. The SMILES string of the molecule is CCCCCCCCCCCOc1ccc(N=Nc2ccc(C)cc2)c(O)c1. The first-order chi connectivity index (χ1) is 13.7. The van der Waals surface area contributed by atoms with Gasteiger partial charge in [-0.25, -0.2) is 0 Å². The Morgan fingerprint density at radius 3 is 2.07 bits per heavy atom. The van der Waals surface area contributed by atoms with Crippen LogP contribution in [0.5, 0.6) is 11.5 Å². The molecule has 0 atom stereocenters. The molecule has 152 valence electrons. The van der Waals surface area contributed by atoms with Crippen LogP contribution in [0.3, 0.4) is 0 Å². The van der Waals surface area contributed by atoms with Gasteiger partial charge in [0.1, 0.15) is 17.2 Å². The van der Waals surface area contributed by atoms with Crippen LogP contribution < -0.4 is 4.74 Å². The maximum absolute atomic E-state index is 10.1. The molecule has 28 heavy (non-hydrogen) atoms. The zero-order valence-corrected chi connectivity index (χ0v) is 17.4. The minimum absolute atomic E-state index is 0.0837. The van der Waals surface area contributed by atoms with Gasteiger partial charge in [-0.2, -0.15) is 5.11 Å². The lowest BCUT2D eigenvalue weighted by Gasteiger charge is -2.07. The van der Waals surface area contributed by atoms with Crippen LogP contribution in [0.1, 0.15) is 70.3 Å². The molecule has 0 saturated carbocycles. The summed E-state index contributed by atoms with van der Waals surface area (Å²) in [6.07, 6.45) is 11.6. The average Bonchev–Trinajstić information content (AvgIpc) is 2.70. The van der Waals surface area contributed by atoms with Crippen LogP contribution in [-0.4, -0.2) is 11.7 Å². The molecule has 0 bridgehead atoms. The van der Waals surface area contributed by atoms with Crippen molar-refractivity contribution in [3.05, 3.63) is 48.0 Å². The number of unbranched alkanes of at least 4 members (excludes halogenated alkanes) is 8. The smallest absolute Gasteiger partial charge is 0.146 e. The Morgan fingerprint density at radius 1 is 0.786 bits per heavy atom. The van der Waals surface area contributed by atoms with E-state index in [-0.39, 0.29) is 5.75 Å². The van der Waals surface area contributed by atoms with Crippen LogP contribution in [0, 0.1) is 6.92 Å². The Kier molecular flexibility index (Phi) is 10.1. The molecule has 0 radical (unpaired) electrons. The number of rotatable bonds is 13. The number of azo groups is 1. The van der Waals surface area contributed by atoms with Gasteiger partial charge in [0.15, 0.2) is 0 Å². The van der Waals surface area contributed by atoms with Crippen LogP contribution in [0.2, 0.25) is 0 Å². The summed E-state index contributed by atoms with van der Waals surface area (Å²) in [6, 6.07) is 12.9. The third kappa shape index (κ3) is 8.55. The summed E-state index contributed by atoms with van der Waals surface area (Å²) in [5.41, 5.74) is 2.38. The van der Waals surface area contributed by atoms with Crippen molar-refractivity contribution in [3.63, 3.8) is 0 Å². The number of hydrogen-bond donors (Lipinski definition) is 1. The molecule has 0 aliphatic heterocycles. The van der Waals surface area contributed by atoms with Crippen molar-refractivity contribution >= 4 is 11.4 Å². The summed E-state index contributed by atoms with van der Waals surface area (Å²) >= 11 is 0. The zero-order chi connectivity index (χ0) is 20.0. The highest BCUT2D eigenvalue weighted by Crippen LogP contribution is 2.32. The third-order valence-electron chi connectivity index (χ3n) is 4.77. The molecular formula is C24H34N2O2. The van der Waals surface area contributed by atoms with Gasteiger partial charge >= 0.3 is 0 Å². The third-order valence-corrected chi connectivity index (χ3v) is 4.77. The number of aryl methyl sites for hydroxylation is 1. The average molecular weight is 383 g/mol. The van der Waals surface area contributed by atoms with Gasteiger partial charge in [-0.05, 0) is 37.6 Å². The van der Waals surface area contributed by atoms with E-state index in [4.69, 9.17) is 4.74 Å². The number of benzene rings is 2. The molecule has 0 aliphatic carbocycles. The van der Waals surface area contributed by atoms with Crippen LogP contribution in [-0.2, 0) is 0 Å². The van der Waals surface area contributed by atoms with Crippen LogP contribution in [0.25, 0.3) is 0 Å². The zero-order valence-electron chi connectivity index (χ0n) is 17.4. The first kappa shape index (κ1) is 21.9. The normalized spacial score (nSPS) is 11.2. The first-order valence-corrected chi connectivity index (χ1v) is 10.6. The standard InChI is InChI=1S/C24H34N2O2/c1-3-4-5-6-7-8-9-10-11-18-28-22-16-17-23(24(27)19-22)26-25-21-14-12-20(2)13-15-21/h12-17,19,27H,3-11,18H2,1-2H3. The number of hydrogen-bond acceptors (Lipinski definition) is 4. The highest BCUT2D eigenvalue weighted by atomic mass is 16.5. The maximum Gasteiger partial charge on any atom is 0.146 e. The maximum atomic E-state index is 10.1. The van der Waals surface area contributed by atoms with Crippen molar-refractivity contribution in [1.82, 2.24) is 0 Å². The van der Waals surface area contributed by atoms with E-state index in [0.29, 0.717) is 18.0 Å². The predicted octanol–water partition coefficient (Wildman–Crippen LogP) is 8.03. The van der Waals surface area contributed by atoms with Gasteiger partial charge < -0.3 is 9.84 Å². The molecule has 0 unspecified atom stereocenters. The van der Waals surface area contributed by atoms with Crippen LogP contribution >= 0.6 is 0 Å². The van der Waals surface area contributed by atoms with E-state index in [1.54, 1.807) is 12.1 Å². The summed E-state index contributed by atoms with van der Waals surface area (Å²) in [7, 11) is 0. The Hall–Kier alpha value is -2.36. The van der Waals surface area contributed by atoms with Crippen LogP contribution in [0.4, 0.5) is 11.4 Å². The number of aromatic hydroxyl groups is 1. The van der Waals surface area contributed by atoms with Crippen molar-refractivity contribution in [2.45, 2.75) is 71.6 Å².